The van der Waals surface area contributed by atoms with Crippen LogP contribution in [0.1, 0.15) is 76.7 Å². The molecule has 1 aromatic carbocycles. The van der Waals surface area contributed by atoms with E-state index < -0.39 is 0 Å². The molecule has 0 aliphatic carbocycles. The summed E-state index contributed by atoms with van der Waals surface area (Å²) in [7, 11) is 0. The van der Waals surface area contributed by atoms with E-state index in [1.807, 2.05) is 18.2 Å². The highest BCUT2D eigenvalue weighted by molar-refractivity contribution is 5.78. The van der Waals surface area contributed by atoms with E-state index in [2.05, 4.69) is 24.4 Å². The highest BCUT2D eigenvalue weighted by atomic mass is 16.2. The van der Waals surface area contributed by atoms with Gasteiger partial charge in [-0.15, -0.1) is 0 Å². The van der Waals surface area contributed by atoms with Gasteiger partial charge in [0.2, 0.25) is 11.8 Å². The Morgan fingerprint density at radius 3 is 2.40 bits per heavy atom. The van der Waals surface area contributed by atoms with Crippen LogP contribution in [0.5, 0.6) is 0 Å². The van der Waals surface area contributed by atoms with E-state index in [1.165, 1.54) is 24.8 Å². The fourth-order valence-corrected chi connectivity index (χ4v) is 3.02. The molecule has 0 heterocycles. The van der Waals surface area contributed by atoms with E-state index in [0.29, 0.717) is 6.42 Å². The van der Waals surface area contributed by atoms with Crippen molar-refractivity contribution in [1.29, 1.82) is 0 Å². The summed E-state index contributed by atoms with van der Waals surface area (Å²) in [4.78, 5) is 23.3. The van der Waals surface area contributed by atoms with E-state index in [-0.39, 0.29) is 24.3 Å². The Hall–Kier alpha value is -1.84. The number of hydrogen-bond donors (Lipinski definition) is 2. The molecule has 0 aliphatic heterocycles. The Balaban J connectivity index is 2.25. The van der Waals surface area contributed by atoms with Gasteiger partial charge in [0.15, 0.2) is 0 Å². The molecular formula is C21H34N2O2. The molecule has 3 N–H and O–H groups in total. The molecule has 1 rings (SSSR count). The van der Waals surface area contributed by atoms with Crippen LogP contribution in [0.3, 0.4) is 0 Å². The van der Waals surface area contributed by atoms with Gasteiger partial charge in [0, 0.05) is 18.9 Å². The van der Waals surface area contributed by atoms with Gasteiger partial charge in [-0.25, -0.2) is 0 Å². The molecule has 0 saturated carbocycles. The Labute approximate surface area is 152 Å². The van der Waals surface area contributed by atoms with Crippen LogP contribution in [0, 0.1) is 0 Å². The summed E-state index contributed by atoms with van der Waals surface area (Å²) < 4.78 is 0. The largest absolute Gasteiger partial charge is 0.370 e. The van der Waals surface area contributed by atoms with E-state index in [4.69, 9.17) is 5.73 Å². The molecule has 0 spiro atoms. The maximum absolute atomic E-state index is 12.1. The van der Waals surface area contributed by atoms with Crippen molar-refractivity contribution < 1.29 is 9.59 Å². The Kier molecular flexibility index (Phi) is 11.4. The third-order valence-corrected chi connectivity index (χ3v) is 4.43. The van der Waals surface area contributed by atoms with Crippen molar-refractivity contribution in [2.24, 2.45) is 5.73 Å². The SMILES string of the molecule is CCCCCCCC(=O)N[C@@H](CCCCc1ccccc1)CC(N)=O. The van der Waals surface area contributed by atoms with Crippen molar-refractivity contribution in [2.45, 2.75) is 83.6 Å². The number of carbonyl (C=O) groups excluding carboxylic acids is 2. The molecule has 0 aromatic heterocycles. The van der Waals surface area contributed by atoms with Crippen LogP contribution in [0.2, 0.25) is 0 Å². The van der Waals surface area contributed by atoms with Crippen LogP contribution in [0.4, 0.5) is 0 Å². The predicted octanol–water partition coefficient (Wildman–Crippen LogP) is 4.12. The average molecular weight is 347 g/mol. The Morgan fingerprint density at radius 2 is 1.72 bits per heavy atom. The topological polar surface area (TPSA) is 72.2 Å². The summed E-state index contributed by atoms with van der Waals surface area (Å²) in [5, 5.41) is 3.00. The average Bonchev–Trinajstić information content (AvgIpc) is 2.59. The lowest BCUT2D eigenvalue weighted by molar-refractivity contribution is -0.122. The second-order valence-corrected chi connectivity index (χ2v) is 6.83. The van der Waals surface area contributed by atoms with Crippen molar-refractivity contribution in [3.63, 3.8) is 0 Å². The summed E-state index contributed by atoms with van der Waals surface area (Å²) in [6.07, 6.45) is 10.3. The van der Waals surface area contributed by atoms with Crippen LogP contribution in [-0.2, 0) is 16.0 Å². The number of benzene rings is 1. The lowest BCUT2D eigenvalue weighted by atomic mass is 10.0. The van der Waals surface area contributed by atoms with Gasteiger partial charge in [-0.2, -0.15) is 0 Å². The fourth-order valence-electron chi connectivity index (χ4n) is 3.02. The highest BCUT2D eigenvalue weighted by Gasteiger charge is 2.14. The minimum atomic E-state index is -0.351. The van der Waals surface area contributed by atoms with Crippen molar-refractivity contribution in [3.8, 4) is 0 Å². The summed E-state index contributed by atoms with van der Waals surface area (Å²) >= 11 is 0. The molecule has 0 aliphatic rings. The molecule has 0 unspecified atom stereocenters. The summed E-state index contributed by atoms with van der Waals surface area (Å²) in [6, 6.07) is 10.2. The van der Waals surface area contributed by atoms with Gasteiger partial charge in [0.05, 0.1) is 0 Å². The summed E-state index contributed by atoms with van der Waals surface area (Å²) in [5.41, 5.74) is 6.65. The summed E-state index contributed by atoms with van der Waals surface area (Å²) in [6.45, 7) is 2.18. The molecule has 1 aromatic rings. The van der Waals surface area contributed by atoms with Gasteiger partial charge in [-0.1, -0.05) is 69.4 Å². The molecule has 140 valence electrons. The van der Waals surface area contributed by atoms with Gasteiger partial charge >= 0.3 is 0 Å². The normalized spacial score (nSPS) is 11.9. The summed E-state index contributed by atoms with van der Waals surface area (Å²) in [5.74, 6) is -0.304. The standard InChI is InChI=1S/C21H34N2O2/c1-2-3-4-5-9-16-21(25)23-19(17-20(22)24)15-11-10-14-18-12-7-6-8-13-18/h6-8,12-13,19H,2-5,9-11,14-17H2,1H3,(H2,22,24)(H,23,25)/t19-/m0/s1. The number of amides is 2. The number of carbonyl (C=O) groups is 2. The van der Waals surface area contributed by atoms with Crippen LogP contribution in [0.25, 0.3) is 0 Å². The van der Waals surface area contributed by atoms with E-state index in [1.54, 1.807) is 0 Å². The second-order valence-electron chi connectivity index (χ2n) is 6.83. The Morgan fingerprint density at radius 1 is 1.00 bits per heavy atom. The first kappa shape index (κ1) is 21.2. The first-order chi connectivity index (χ1) is 12.1. The fraction of sp³-hybridized carbons (Fsp3) is 0.619. The maximum Gasteiger partial charge on any atom is 0.220 e. The second kappa shape index (κ2) is 13.5. The van der Waals surface area contributed by atoms with Gasteiger partial charge in [-0.3, -0.25) is 9.59 Å². The molecular weight excluding hydrogens is 312 g/mol. The predicted molar refractivity (Wildman–Crippen MR) is 103 cm³/mol. The number of unbranched alkanes of at least 4 members (excludes halogenated alkanes) is 5. The zero-order chi connectivity index (χ0) is 18.3. The van der Waals surface area contributed by atoms with Crippen LogP contribution < -0.4 is 11.1 Å². The number of nitrogens with one attached hydrogen (secondary N) is 1. The monoisotopic (exact) mass is 346 g/mol. The molecule has 1 atom stereocenters. The zero-order valence-corrected chi connectivity index (χ0v) is 15.6. The number of rotatable bonds is 14. The van der Waals surface area contributed by atoms with E-state index in [9.17, 15) is 9.59 Å². The Bertz CT molecular complexity index is 488. The van der Waals surface area contributed by atoms with Crippen molar-refractivity contribution in [1.82, 2.24) is 5.32 Å². The molecule has 0 saturated heterocycles. The van der Waals surface area contributed by atoms with Gasteiger partial charge in [-0.05, 0) is 31.2 Å². The van der Waals surface area contributed by atoms with Gasteiger partial charge < -0.3 is 11.1 Å². The molecule has 25 heavy (non-hydrogen) atoms. The lowest BCUT2D eigenvalue weighted by Gasteiger charge is -2.17. The van der Waals surface area contributed by atoms with Crippen molar-refractivity contribution in [2.75, 3.05) is 0 Å². The number of hydrogen-bond acceptors (Lipinski definition) is 2. The number of nitrogens with two attached hydrogens (primary N) is 1. The van der Waals surface area contributed by atoms with Crippen LogP contribution >= 0.6 is 0 Å². The third-order valence-electron chi connectivity index (χ3n) is 4.43. The van der Waals surface area contributed by atoms with Crippen LogP contribution in [-0.4, -0.2) is 17.9 Å². The van der Waals surface area contributed by atoms with Crippen molar-refractivity contribution in [3.05, 3.63) is 35.9 Å². The quantitative estimate of drug-likeness (QED) is 0.497. The third kappa shape index (κ3) is 11.4. The highest BCUT2D eigenvalue weighted by Crippen LogP contribution is 2.11. The first-order valence-electron chi connectivity index (χ1n) is 9.73. The van der Waals surface area contributed by atoms with Crippen LogP contribution in [0.15, 0.2) is 30.3 Å². The zero-order valence-electron chi connectivity index (χ0n) is 15.6. The molecule has 4 heteroatoms. The van der Waals surface area contributed by atoms with Gasteiger partial charge in [0.1, 0.15) is 0 Å². The molecule has 0 fully saturated rings. The minimum Gasteiger partial charge on any atom is -0.370 e. The molecule has 2 amide bonds. The van der Waals surface area contributed by atoms with E-state index >= 15 is 0 Å². The van der Waals surface area contributed by atoms with E-state index in [0.717, 1.165) is 38.5 Å². The smallest absolute Gasteiger partial charge is 0.220 e. The maximum atomic E-state index is 12.1. The molecule has 0 radical (unpaired) electrons. The molecule has 4 nitrogen and oxygen atoms in total. The first-order valence-corrected chi connectivity index (χ1v) is 9.73. The molecule has 0 bridgehead atoms. The van der Waals surface area contributed by atoms with Gasteiger partial charge in [0.25, 0.3) is 0 Å². The van der Waals surface area contributed by atoms with Crippen molar-refractivity contribution >= 4 is 11.8 Å². The minimum absolute atomic E-state index is 0.0470. The lowest BCUT2D eigenvalue weighted by Crippen LogP contribution is -2.37. The number of aryl methyl sites for hydroxylation is 1. The number of primary amides is 1.